The monoisotopic (exact) mass is 667 g/mol. The van der Waals surface area contributed by atoms with E-state index in [-0.39, 0.29) is 22.5 Å². The van der Waals surface area contributed by atoms with Gasteiger partial charge in [-0.15, -0.1) is 0 Å². The van der Waals surface area contributed by atoms with E-state index >= 15 is 4.39 Å². The van der Waals surface area contributed by atoms with Gasteiger partial charge in [-0.05, 0) is 44.6 Å². The minimum atomic E-state index is -4.75. The van der Waals surface area contributed by atoms with Gasteiger partial charge >= 0.3 is 16.3 Å². The molecule has 0 unspecified atom stereocenters. The largest absolute Gasteiger partial charge is 0.507 e. The zero-order chi connectivity index (χ0) is 34.0. The fraction of sp³-hybridized carbons (Fsp3) is 0.552. The number of ether oxygens (including phenoxy) is 2. The number of nitrogens with one attached hydrogen (secondary N) is 1. The van der Waals surface area contributed by atoms with Gasteiger partial charge in [0.25, 0.3) is 5.91 Å². The Balaban J connectivity index is 0.000000738. The molecule has 1 fully saturated rings. The lowest BCUT2D eigenvalue weighted by Gasteiger charge is -2.22. The van der Waals surface area contributed by atoms with Crippen molar-refractivity contribution in [2.24, 2.45) is 5.92 Å². The molecular weight excluding hydrogens is 625 g/mol. The Labute approximate surface area is 267 Å². The SMILES string of the molecule is CCC(CC)C(=O)O[C@H]1[C@@H](F)[C@H](n2cnc3c(N)ncnc32)O[C@@H]1COS(=O)(=O)NC(=O)c1ccccc1O.CCN(CC)CC. The average molecular weight is 668 g/mol. The maximum absolute atomic E-state index is 15.8. The van der Waals surface area contributed by atoms with Crippen LogP contribution in [0.1, 0.15) is 64.0 Å². The minimum Gasteiger partial charge on any atom is -0.507 e. The molecule has 4 atom stereocenters. The smallest absolute Gasteiger partial charge is 0.362 e. The maximum Gasteiger partial charge on any atom is 0.362 e. The quantitative estimate of drug-likeness (QED) is 0.225. The molecular formula is C29H42FN7O8S. The van der Waals surface area contributed by atoms with Gasteiger partial charge in [-0.3, -0.25) is 18.3 Å². The number of nitrogen functional groups attached to an aromatic ring is 1. The normalized spacial score (nSPS) is 19.7. The molecule has 4 rings (SSSR count). The molecule has 1 aromatic carbocycles. The number of amides is 1. The first-order valence-corrected chi connectivity index (χ1v) is 16.5. The Morgan fingerprint density at radius 3 is 2.35 bits per heavy atom. The number of hydrogen-bond acceptors (Lipinski definition) is 13. The van der Waals surface area contributed by atoms with E-state index in [4.69, 9.17) is 19.4 Å². The Morgan fingerprint density at radius 2 is 1.76 bits per heavy atom. The predicted octanol–water partition coefficient (Wildman–Crippen LogP) is 2.74. The molecule has 0 bridgehead atoms. The second-order valence-electron chi connectivity index (χ2n) is 10.3. The van der Waals surface area contributed by atoms with Crippen molar-refractivity contribution in [3.8, 4) is 5.75 Å². The maximum atomic E-state index is 15.8. The van der Waals surface area contributed by atoms with Crippen LogP contribution in [0.5, 0.6) is 5.75 Å². The number of para-hydroxylation sites is 1. The van der Waals surface area contributed by atoms with Crippen molar-refractivity contribution in [1.29, 1.82) is 0 Å². The van der Waals surface area contributed by atoms with Gasteiger partial charge in [-0.2, -0.15) is 8.42 Å². The van der Waals surface area contributed by atoms with Crippen LogP contribution in [0.4, 0.5) is 10.2 Å². The fourth-order valence-electron chi connectivity index (χ4n) is 4.79. The highest BCUT2D eigenvalue weighted by molar-refractivity contribution is 7.85. The zero-order valence-electron chi connectivity index (χ0n) is 26.5. The van der Waals surface area contributed by atoms with Crippen LogP contribution in [0.2, 0.25) is 0 Å². The van der Waals surface area contributed by atoms with Gasteiger partial charge in [0.1, 0.15) is 23.7 Å². The third-order valence-corrected chi connectivity index (χ3v) is 8.48. The molecule has 3 heterocycles. The second kappa shape index (κ2) is 16.6. The molecule has 254 valence electrons. The number of halogens is 1. The Morgan fingerprint density at radius 1 is 1.11 bits per heavy atom. The van der Waals surface area contributed by atoms with Gasteiger partial charge in [0.15, 0.2) is 30.0 Å². The molecule has 1 amide bonds. The van der Waals surface area contributed by atoms with Crippen molar-refractivity contribution in [2.75, 3.05) is 32.0 Å². The molecule has 1 saturated heterocycles. The molecule has 0 saturated carbocycles. The molecule has 0 radical (unpaired) electrons. The molecule has 15 nitrogen and oxygen atoms in total. The number of carbonyl (C=O) groups excluding carboxylic acids is 2. The number of hydrogen-bond donors (Lipinski definition) is 3. The van der Waals surface area contributed by atoms with Crippen molar-refractivity contribution in [3.05, 3.63) is 42.5 Å². The van der Waals surface area contributed by atoms with Crippen molar-refractivity contribution >= 4 is 39.2 Å². The molecule has 3 aromatic rings. The summed E-state index contributed by atoms with van der Waals surface area (Å²) in [5.41, 5.74) is 5.83. The summed E-state index contributed by atoms with van der Waals surface area (Å²) in [5, 5.41) is 9.79. The number of imidazole rings is 1. The molecule has 0 spiro atoms. The number of anilines is 1. The first kappa shape index (κ1) is 36.5. The summed E-state index contributed by atoms with van der Waals surface area (Å²) >= 11 is 0. The van der Waals surface area contributed by atoms with E-state index in [9.17, 15) is 23.1 Å². The van der Waals surface area contributed by atoms with E-state index in [0.717, 1.165) is 6.33 Å². The number of phenols is 1. The van der Waals surface area contributed by atoms with Crippen LogP contribution in [0.15, 0.2) is 36.9 Å². The van der Waals surface area contributed by atoms with Crippen LogP contribution < -0.4 is 10.5 Å². The molecule has 46 heavy (non-hydrogen) atoms. The minimum absolute atomic E-state index is 0.0510. The van der Waals surface area contributed by atoms with Gasteiger partial charge < -0.3 is 25.2 Å². The van der Waals surface area contributed by atoms with Crippen LogP contribution in [0, 0.1) is 5.92 Å². The van der Waals surface area contributed by atoms with E-state index in [1.165, 1.54) is 54.8 Å². The number of nitrogens with zero attached hydrogens (tertiary/aromatic N) is 5. The molecule has 1 aliphatic heterocycles. The van der Waals surface area contributed by atoms with E-state index in [2.05, 4.69) is 40.6 Å². The average Bonchev–Trinajstić information content (AvgIpc) is 3.59. The summed E-state index contributed by atoms with van der Waals surface area (Å²) in [4.78, 5) is 39.4. The van der Waals surface area contributed by atoms with Gasteiger partial charge in [0.05, 0.1) is 24.4 Å². The van der Waals surface area contributed by atoms with Gasteiger partial charge in [-0.1, -0.05) is 46.8 Å². The third-order valence-electron chi connectivity index (χ3n) is 7.59. The van der Waals surface area contributed by atoms with Crippen LogP contribution >= 0.6 is 0 Å². The van der Waals surface area contributed by atoms with Crippen LogP contribution in [-0.4, -0.2) is 94.4 Å². The lowest BCUT2D eigenvalue weighted by molar-refractivity contribution is -0.160. The lowest BCUT2D eigenvalue weighted by Crippen LogP contribution is -2.40. The van der Waals surface area contributed by atoms with Gasteiger partial charge in [0.2, 0.25) is 0 Å². The van der Waals surface area contributed by atoms with Crippen LogP contribution in [-0.2, 0) is 28.8 Å². The highest BCUT2D eigenvalue weighted by atomic mass is 32.2. The van der Waals surface area contributed by atoms with E-state index in [1.54, 1.807) is 18.6 Å². The number of carbonyl (C=O) groups is 2. The topological polar surface area (TPSA) is 201 Å². The van der Waals surface area contributed by atoms with Crippen molar-refractivity contribution in [1.82, 2.24) is 29.1 Å². The first-order chi connectivity index (χ1) is 21.9. The van der Waals surface area contributed by atoms with Crippen molar-refractivity contribution in [2.45, 2.75) is 72.1 Å². The summed E-state index contributed by atoms with van der Waals surface area (Å²) < 4.78 is 59.7. The molecule has 1 aliphatic rings. The van der Waals surface area contributed by atoms with E-state index in [0.29, 0.717) is 12.8 Å². The second-order valence-corrected chi connectivity index (χ2v) is 11.7. The molecule has 0 aliphatic carbocycles. The summed E-state index contributed by atoms with van der Waals surface area (Å²) in [6, 6.07) is 5.28. The first-order valence-electron chi connectivity index (χ1n) is 15.1. The van der Waals surface area contributed by atoms with Crippen molar-refractivity contribution in [3.63, 3.8) is 0 Å². The summed E-state index contributed by atoms with van der Waals surface area (Å²) in [6.07, 6.45) is -3.12. The van der Waals surface area contributed by atoms with Crippen LogP contribution in [0.25, 0.3) is 11.2 Å². The number of aromatic hydroxyl groups is 1. The molecule has 2 aromatic heterocycles. The summed E-state index contributed by atoms with van der Waals surface area (Å²) in [6.45, 7) is 12.9. The lowest BCUT2D eigenvalue weighted by atomic mass is 10.0. The van der Waals surface area contributed by atoms with Crippen molar-refractivity contribution < 1.29 is 41.2 Å². The van der Waals surface area contributed by atoms with Gasteiger partial charge in [0, 0.05) is 0 Å². The standard InChI is InChI=1S/C23H27FN6O8S.C6H15N/c1-3-12(4-2)23(33)38-18-15(9-36-39(34,35)29-21(32)13-7-5-6-8-14(13)31)37-22(16(18)24)30-11-28-17-19(25)26-10-27-20(17)30;1-4-7(5-2)6-3/h5-8,10-12,15-16,18,22,31H,3-4,9H2,1-2H3,(H,29,32)(H2,25,26,27);4-6H2,1-3H3/t15-,16-,18-,22-;/m1./s1. The number of nitrogens with two attached hydrogens (primary N) is 1. The summed E-state index contributed by atoms with van der Waals surface area (Å²) in [5.74, 6) is -2.74. The van der Waals surface area contributed by atoms with E-state index in [1.807, 2.05) is 0 Å². The Hall–Kier alpha value is -3.93. The number of esters is 1. The number of aromatic nitrogens is 4. The highest BCUT2D eigenvalue weighted by Crippen LogP contribution is 2.36. The Bertz CT molecular complexity index is 1560. The van der Waals surface area contributed by atoms with E-state index < -0.39 is 65.1 Å². The molecule has 4 N–H and O–H groups in total. The predicted molar refractivity (Wildman–Crippen MR) is 166 cm³/mol. The number of benzene rings is 1. The molecule has 17 heteroatoms. The summed E-state index contributed by atoms with van der Waals surface area (Å²) in [7, 11) is -4.75. The van der Waals surface area contributed by atoms with Crippen LogP contribution in [0.3, 0.4) is 0 Å². The number of alkyl halides is 1. The zero-order valence-corrected chi connectivity index (χ0v) is 27.3. The third kappa shape index (κ3) is 8.86. The number of fused-ring (bicyclic) bond motifs is 1. The fourth-order valence-corrected chi connectivity index (χ4v) is 5.50. The van der Waals surface area contributed by atoms with Gasteiger partial charge in [-0.25, -0.2) is 24.1 Å². The number of rotatable bonds is 13. The Kier molecular flexibility index (Phi) is 13.2. The highest BCUT2D eigenvalue weighted by Gasteiger charge is 2.50. The number of phenolic OH excluding ortho intramolecular Hbond substituents is 1.